The second-order valence-electron chi connectivity index (χ2n) is 13.9. The van der Waals surface area contributed by atoms with E-state index in [-0.39, 0.29) is 48.2 Å². The van der Waals surface area contributed by atoms with Crippen molar-refractivity contribution in [3.8, 4) is 5.75 Å². The number of hydrogen-bond donors (Lipinski definition) is 7. The van der Waals surface area contributed by atoms with Gasteiger partial charge in [-0.15, -0.1) is 0 Å². The first kappa shape index (κ1) is 31.1. The Kier molecular flexibility index (Phi) is 7.29. The van der Waals surface area contributed by atoms with Crippen molar-refractivity contribution in [2.45, 2.75) is 62.6 Å². The molecule has 0 unspecified atom stereocenters. The number of carbonyl (C=O) groups excluding carboxylic acids is 4. The van der Waals surface area contributed by atoms with Gasteiger partial charge in [-0.2, -0.15) is 0 Å². The Bertz CT molecular complexity index is 1580. The Hall–Kier alpha value is -3.94. The molecule has 242 valence electrons. The van der Waals surface area contributed by atoms with Gasteiger partial charge in [-0.25, -0.2) is 0 Å². The van der Waals surface area contributed by atoms with Gasteiger partial charge >= 0.3 is 0 Å². The predicted molar refractivity (Wildman–Crippen MR) is 165 cm³/mol. The van der Waals surface area contributed by atoms with E-state index in [9.17, 15) is 39.6 Å². The standard InChI is InChI=1S/C32H41N5O8/c1-36(2)19-10-18(35-20(38)13-34-15-11-31(12-15)6-5-7-31)25(39)22-16(19)8-14-9-17-24(37(3)4)27(41)23(30(33)44)29(43)32(17,45)28(42)21(14)26(22)40/h10,14-15,17,24,34,39-40,43,45H,5-9,11-13H2,1-4H3,(H2,33,44)(H,35,38)/t14-,17-,24-,32-/m0/s1. The fourth-order valence-electron chi connectivity index (χ4n) is 8.43. The lowest BCUT2D eigenvalue weighted by atomic mass is 9.54. The van der Waals surface area contributed by atoms with Crippen LogP contribution in [0.3, 0.4) is 0 Å². The summed E-state index contributed by atoms with van der Waals surface area (Å²) in [5.41, 5.74) is 3.07. The second kappa shape index (κ2) is 10.6. The van der Waals surface area contributed by atoms with Crippen molar-refractivity contribution in [3.05, 3.63) is 34.1 Å². The maximum atomic E-state index is 14.1. The zero-order valence-electron chi connectivity index (χ0n) is 25.9. The summed E-state index contributed by atoms with van der Waals surface area (Å²) in [4.78, 5) is 55.8. The molecule has 5 aliphatic rings. The summed E-state index contributed by atoms with van der Waals surface area (Å²) in [6.07, 6.45) is 5.98. The molecule has 0 saturated heterocycles. The predicted octanol–water partition coefficient (Wildman–Crippen LogP) is 0.891. The number of ketones is 2. The smallest absolute Gasteiger partial charge is 0.255 e. The molecule has 2 amide bonds. The minimum atomic E-state index is -2.72. The highest BCUT2D eigenvalue weighted by Crippen LogP contribution is 2.56. The third kappa shape index (κ3) is 4.54. The Balaban J connectivity index is 1.37. The van der Waals surface area contributed by atoms with Crippen LogP contribution >= 0.6 is 0 Å². The molecule has 0 heterocycles. The van der Waals surface area contributed by atoms with Crippen molar-refractivity contribution < 1.29 is 39.6 Å². The van der Waals surface area contributed by atoms with E-state index in [1.54, 1.807) is 39.2 Å². The number of amides is 2. The molecule has 1 aromatic carbocycles. The number of nitrogens with two attached hydrogens (primary N) is 1. The number of Topliss-reactive ketones (excluding diaryl/α,β-unsaturated/α-hetero) is 2. The van der Waals surface area contributed by atoms with Gasteiger partial charge in [-0.1, -0.05) is 6.42 Å². The summed E-state index contributed by atoms with van der Waals surface area (Å²) >= 11 is 0. The average Bonchev–Trinajstić information content (AvgIpc) is 2.90. The molecule has 3 fully saturated rings. The van der Waals surface area contributed by atoms with Crippen LogP contribution in [0, 0.1) is 17.3 Å². The number of likely N-dealkylation sites (N-methyl/N-ethyl adjacent to an activating group) is 1. The number of aliphatic hydroxyl groups excluding tert-OH is 2. The number of phenols is 1. The number of phenolic OH excluding ortho intramolecular Hbond substituents is 1. The molecule has 5 aliphatic carbocycles. The van der Waals surface area contributed by atoms with Crippen molar-refractivity contribution in [2.75, 3.05) is 45.0 Å². The van der Waals surface area contributed by atoms with Crippen molar-refractivity contribution >= 4 is 40.5 Å². The van der Waals surface area contributed by atoms with Gasteiger partial charge in [-0.05, 0) is 75.6 Å². The zero-order valence-corrected chi connectivity index (χ0v) is 25.9. The number of carbonyl (C=O) groups is 4. The number of nitrogens with one attached hydrogen (secondary N) is 2. The van der Waals surface area contributed by atoms with Crippen LogP contribution in [0.15, 0.2) is 23.0 Å². The first-order valence-electron chi connectivity index (χ1n) is 15.4. The largest absolute Gasteiger partial charge is 0.508 e. The van der Waals surface area contributed by atoms with Gasteiger partial charge in [-0.3, -0.25) is 24.1 Å². The lowest BCUT2D eigenvalue weighted by Crippen LogP contribution is -2.65. The normalized spacial score (nSPS) is 28.7. The number of benzene rings is 1. The highest BCUT2D eigenvalue weighted by Gasteiger charge is 2.64. The molecule has 13 nitrogen and oxygen atoms in total. The molecule has 0 aliphatic heterocycles. The minimum absolute atomic E-state index is 0.00793. The number of nitrogens with zero attached hydrogens (tertiary/aromatic N) is 2. The van der Waals surface area contributed by atoms with E-state index in [0.29, 0.717) is 16.7 Å². The SMILES string of the molecule is CN(C)c1cc(NC(=O)CNC2CC3(CCC3)C2)c(O)c2c1C[C@H]1C[C@H]3[C@H](N(C)C)C(=O)C(C(N)=O)=C(O)[C@@]3(O)C(=O)C1=C2O. The molecule has 45 heavy (non-hydrogen) atoms. The van der Waals surface area contributed by atoms with E-state index in [1.807, 2.05) is 0 Å². The summed E-state index contributed by atoms with van der Waals surface area (Å²) in [5.74, 6) is -7.62. The van der Waals surface area contributed by atoms with Crippen LogP contribution in [0.4, 0.5) is 11.4 Å². The van der Waals surface area contributed by atoms with E-state index >= 15 is 0 Å². The van der Waals surface area contributed by atoms with Gasteiger partial charge in [0.05, 0.1) is 23.8 Å². The van der Waals surface area contributed by atoms with E-state index in [1.165, 1.54) is 24.2 Å². The third-order valence-electron chi connectivity index (χ3n) is 10.8. The van der Waals surface area contributed by atoms with Crippen molar-refractivity contribution in [1.29, 1.82) is 0 Å². The van der Waals surface area contributed by atoms with E-state index < -0.39 is 63.8 Å². The van der Waals surface area contributed by atoms with Gasteiger partial charge < -0.3 is 41.7 Å². The molecule has 3 saturated carbocycles. The molecule has 4 atom stereocenters. The van der Waals surface area contributed by atoms with Crippen LogP contribution in [-0.4, -0.2) is 101 Å². The van der Waals surface area contributed by atoms with Crippen molar-refractivity contribution in [2.24, 2.45) is 23.0 Å². The molecule has 6 rings (SSSR count). The van der Waals surface area contributed by atoms with Gasteiger partial charge in [0.15, 0.2) is 11.4 Å². The zero-order chi connectivity index (χ0) is 32.7. The molecule has 0 aromatic heterocycles. The van der Waals surface area contributed by atoms with Gasteiger partial charge in [0.1, 0.15) is 22.8 Å². The summed E-state index contributed by atoms with van der Waals surface area (Å²) in [7, 11) is 6.64. The number of rotatable bonds is 7. The highest BCUT2D eigenvalue weighted by molar-refractivity contribution is 6.24. The number of aromatic hydroxyl groups is 1. The topological polar surface area (TPSA) is 206 Å². The average molecular weight is 624 g/mol. The first-order chi connectivity index (χ1) is 21.1. The van der Waals surface area contributed by atoms with Crippen LogP contribution in [-0.2, 0) is 25.6 Å². The van der Waals surface area contributed by atoms with Crippen LogP contribution in [0.2, 0.25) is 0 Å². The van der Waals surface area contributed by atoms with Crippen LogP contribution in [0.1, 0.15) is 49.7 Å². The molecule has 0 bridgehead atoms. The lowest BCUT2D eigenvalue weighted by Gasteiger charge is -2.54. The Morgan fingerprint density at radius 3 is 2.31 bits per heavy atom. The van der Waals surface area contributed by atoms with Crippen LogP contribution < -0.4 is 21.3 Å². The molecule has 0 radical (unpaired) electrons. The summed E-state index contributed by atoms with van der Waals surface area (Å²) in [6, 6.07) is 0.721. The summed E-state index contributed by atoms with van der Waals surface area (Å²) in [5, 5.41) is 51.9. The number of fused-ring (bicyclic) bond motifs is 3. The van der Waals surface area contributed by atoms with Crippen molar-refractivity contribution in [1.82, 2.24) is 10.2 Å². The van der Waals surface area contributed by atoms with Crippen LogP contribution in [0.5, 0.6) is 5.75 Å². The quantitative estimate of drug-likeness (QED) is 0.168. The number of primary amides is 1. The fraction of sp³-hybridized carbons (Fsp3) is 0.562. The van der Waals surface area contributed by atoms with E-state index in [4.69, 9.17) is 5.73 Å². The van der Waals surface area contributed by atoms with Gasteiger partial charge in [0.25, 0.3) is 5.91 Å². The fourth-order valence-corrected chi connectivity index (χ4v) is 8.43. The Labute approximate surface area is 260 Å². The lowest BCUT2D eigenvalue weighted by molar-refractivity contribution is -0.153. The van der Waals surface area contributed by atoms with Crippen molar-refractivity contribution in [3.63, 3.8) is 0 Å². The molecular formula is C32H41N5O8. The number of anilines is 2. The third-order valence-corrected chi connectivity index (χ3v) is 10.8. The maximum Gasteiger partial charge on any atom is 0.255 e. The summed E-state index contributed by atoms with van der Waals surface area (Å²) in [6.45, 7) is 0.0379. The Morgan fingerprint density at radius 1 is 1.09 bits per heavy atom. The molecule has 13 heteroatoms. The van der Waals surface area contributed by atoms with Gasteiger partial charge in [0, 0.05) is 37.3 Å². The van der Waals surface area contributed by atoms with E-state index in [2.05, 4.69) is 10.6 Å². The molecular weight excluding hydrogens is 582 g/mol. The summed E-state index contributed by atoms with van der Waals surface area (Å²) < 4.78 is 0. The Morgan fingerprint density at radius 2 is 1.76 bits per heavy atom. The monoisotopic (exact) mass is 623 g/mol. The molecule has 1 spiro atoms. The van der Waals surface area contributed by atoms with Gasteiger partial charge in [0.2, 0.25) is 11.7 Å². The maximum absolute atomic E-state index is 14.1. The number of aliphatic hydroxyl groups is 3. The van der Waals surface area contributed by atoms with E-state index in [0.717, 1.165) is 12.8 Å². The minimum Gasteiger partial charge on any atom is -0.508 e. The molecule has 1 aromatic rings. The number of hydrogen-bond acceptors (Lipinski definition) is 11. The second-order valence-corrected chi connectivity index (χ2v) is 13.9. The first-order valence-corrected chi connectivity index (χ1v) is 15.4. The molecule has 8 N–H and O–H groups in total. The highest BCUT2D eigenvalue weighted by atomic mass is 16.3. The van der Waals surface area contributed by atoms with Crippen LogP contribution in [0.25, 0.3) is 5.76 Å².